The van der Waals surface area contributed by atoms with Crippen LogP contribution in [0.3, 0.4) is 0 Å². The first kappa shape index (κ1) is 9.96. The van der Waals surface area contributed by atoms with Gasteiger partial charge in [-0.3, -0.25) is 0 Å². The molecule has 2 rings (SSSR count). The van der Waals surface area contributed by atoms with E-state index in [1.807, 2.05) is 6.07 Å². The Balaban J connectivity index is 2.58. The average Bonchev–Trinajstić information content (AvgIpc) is 2.64. The van der Waals surface area contributed by atoms with Crippen LogP contribution in [0.25, 0.3) is 11.0 Å². The molecule has 1 heterocycles. The van der Waals surface area contributed by atoms with E-state index in [0.29, 0.717) is 5.02 Å². The maximum absolute atomic E-state index is 8.99. The Morgan fingerprint density at radius 3 is 3.07 bits per heavy atom. The number of benzene rings is 1. The number of rotatable bonds is 2. The number of fused-ring (bicyclic) bond motifs is 1. The zero-order valence-corrected chi connectivity index (χ0v) is 9.51. The molecule has 0 spiro atoms. The molecule has 74 valence electrons. The third-order valence-corrected chi connectivity index (χ3v) is 3.13. The van der Waals surface area contributed by atoms with E-state index in [9.17, 15) is 0 Å². The Hall–Kier alpha value is -0.580. The van der Waals surface area contributed by atoms with E-state index in [0.717, 1.165) is 16.6 Å². The van der Waals surface area contributed by atoms with E-state index < -0.39 is 0 Å². The Labute approximate surface area is 94.2 Å². The quantitative estimate of drug-likeness (QED) is 0.828. The summed E-state index contributed by atoms with van der Waals surface area (Å²) in [6, 6.07) is 3.73. The normalized spacial score (nSPS) is 13.4. The first-order chi connectivity index (χ1) is 6.72. The van der Waals surface area contributed by atoms with Crippen molar-refractivity contribution < 1.29 is 5.11 Å². The van der Waals surface area contributed by atoms with Crippen LogP contribution in [0.4, 0.5) is 0 Å². The molecule has 0 aliphatic carbocycles. The molecule has 0 saturated heterocycles. The third-order valence-electron chi connectivity index (χ3n) is 2.02. The first-order valence-electron chi connectivity index (χ1n) is 4.10. The predicted molar refractivity (Wildman–Crippen MR) is 59.9 cm³/mol. The number of halogens is 2. The lowest BCUT2D eigenvalue weighted by atomic mass is 10.1. The van der Waals surface area contributed by atoms with Crippen LogP contribution in [0.1, 0.15) is 10.4 Å². The minimum atomic E-state index is -0.0901. The monoisotopic (exact) mass is 274 g/mol. The summed E-state index contributed by atoms with van der Waals surface area (Å²) in [5.41, 5.74) is 2.58. The molecule has 1 atom stereocenters. The van der Waals surface area contributed by atoms with Gasteiger partial charge >= 0.3 is 0 Å². The van der Waals surface area contributed by atoms with Gasteiger partial charge < -0.3 is 10.1 Å². The van der Waals surface area contributed by atoms with E-state index in [2.05, 4.69) is 25.9 Å². The van der Waals surface area contributed by atoms with E-state index in [-0.39, 0.29) is 11.4 Å². The molecule has 0 fully saturated rings. The molecule has 0 aliphatic rings. The molecule has 0 aliphatic heterocycles. The van der Waals surface area contributed by atoms with Crippen molar-refractivity contribution in [2.75, 3.05) is 6.61 Å². The number of H-pyrrole nitrogens is 1. The molecular formula is C9H8BrClN2O. The fourth-order valence-corrected chi connectivity index (χ4v) is 1.85. The van der Waals surface area contributed by atoms with Crippen molar-refractivity contribution in [3.63, 3.8) is 0 Å². The summed E-state index contributed by atoms with van der Waals surface area (Å²) in [7, 11) is 0. The molecule has 1 unspecified atom stereocenters. The summed E-state index contributed by atoms with van der Waals surface area (Å²) in [6.07, 6.45) is 1.60. The molecule has 3 nitrogen and oxygen atoms in total. The van der Waals surface area contributed by atoms with Crippen LogP contribution < -0.4 is 0 Å². The summed E-state index contributed by atoms with van der Waals surface area (Å²) in [4.78, 5) is 6.97. The minimum absolute atomic E-state index is 0.0377. The van der Waals surface area contributed by atoms with Crippen LogP contribution in [0, 0.1) is 0 Å². The van der Waals surface area contributed by atoms with Crippen LogP contribution in [-0.4, -0.2) is 21.7 Å². The van der Waals surface area contributed by atoms with Gasteiger partial charge in [-0.1, -0.05) is 27.5 Å². The number of nitrogens with one attached hydrogen (secondary N) is 1. The van der Waals surface area contributed by atoms with Crippen LogP contribution in [0.15, 0.2) is 18.5 Å². The summed E-state index contributed by atoms with van der Waals surface area (Å²) >= 11 is 9.37. The fourth-order valence-electron chi connectivity index (χ4n) is 1.31. The van der Waals surface area contributed by atoms with Gasteiger partial charge in [0.15, 0.2) is 0 Å². The molecule has 2 N–H and O–H groups in total. The number of nitrogens with zero attached hydrogens (tertiary/aromatic N) is 1. The number of alkyl halides is 1. The van der Waals surface area contributed by atoms with Crippen molar-refractivity contribution in [2.24, 2.45) is 0 Å². The van der Waals surface area contributed by atoms with Gasteiger partial charge in [0.1, 0.15) is 5.52 Å². The molecule has 14 heavy (non-hydrogen) atoms. The molecule has 0 saturated carbocycles. The Morgan fingerprint density at radius 1 is 1.57 bits per heavy atom. The molecule has 1 aromatic heterocycles. The van der Waals surface area contributed by atoms with Gasteiger partial charge in [-0.05, 0) is 17.7 Å². The van der Waals surface area contributed by atoms with Gasteiger partial charge in [0, 0.05) is 0 Å². The number of aromatic amines is 1. The molecule has 2 aromatic rings. The van der Waals surface area contributed by atoms with Crippen molar-refractivity contribution in [3.05, 3.63) is 29.0 Å². The topological polar surface area (TPSA) is 48.9 Å². The largest absolute Gasteiger partial charge is 0.395 e. The standard InChI is InChI=1S/C9H8BrClN2O/c10-6(3-14)5-1-7(11)9-8(2-5)12-4-13-9/h1-2,4,6,14H,3H2,(H,12,13). The highest BCUT2D eigenvalue weighted by atomic mass is 79.9. The van der Waals surface area contributed by atoms with E-state index in [4.69, 9.17) is 16.7 Å². The van der Waals surface area contributed by atoms with E-state index >= 15 is 0 Å². The minimum Gasteiger partial charge on any atom is -0.395 e. The zero-order chi connectivity index (χ0) is 10.1. The molecule has 0 bridgehead atoms. The first-order valence-corrected chi connectivity index (χ1v) is 5.39. The lowest BCUT2D eigenvalue weighted by molar-refractivity contribution is 0.298. The Bertz CT molecular complexity index is 457. The van der Waals surface area contributed by atoms with Gasteiger partial charge in [-0.15, -0.1) is 0 Å². The van der Waals surface area contributed by atoms with Crippen molar-refractivity contribution >= 4 is 38.6 Å². The highest BCUT2D eigenvalue weighted by molar-refractivity contribution is 9.09. The molecule has 0 amide bonds. The highest BCUT2D eigenvalue weighted by Gasteiger charge is 2.10. The number of hydrogen-bond donors (Lipinski definition) is 2. The second-order valence-electron chi connectivity index (χ2n) is 2.95. The van der Waals surface area contributed by atoms with Gasteiger partial charge in [0.25, 0.3) is 0 Å². The maximum atomic E-state index is 8.99. The number of aromatic nitrogens is 2. The zero-order valence-electron chi connectivity index (χ0n) is 7.17. The lowest BCUT2D eigenvalue weighted by Gasteiger charge is -2.06. The average molecular weight is 276 g/mol. The molecule has 5 heteroatoms. The lowest BCUT2D eigenvalue weighted by Crippen LogP contribution is -1.95. The fraction of sp³-hybridized carbons (Fsp3) is 0.222. The second kappa shape index (κ2) is 3.88. The summed E-state index contributed by atoms with van der Waals surface area (Å²) in [5.74, 6) is 0. The van der Waals surface area contributed by atoms with E-state index in [1.54, 1.807) is 12.4 Å². The number of aliphatic hydroxyl groups is 1. The van der Waals surface area contributed by atoms with Crippen LogP contribution >= 0.6 is 27.5 Å². The number of aliphatic hydroxyl groups excluding tert-OH is 1. The van der Waals surface area contributed by atoms with Crippen molar-refractivity contribution in [2.45, 2.75) is 4.83 Å². The molecule has 0 radical (unpaired) electrons. The third kappa shape index (κ3) is 1.65. The van der Waals surface area contributed by atoms with Crippen LogP contribution in [-0.2, 0) is 0 Å². The molecular weight excluding hydrogens is 267 g/mol. The number of imidazole rings is 1. The van der Waals surface area contributed by atoms with Crippen molar-refractivity contribution in [1.82, 2.24) is 9.97 Å². The van der Waals surface area contributed by atoms with Gasteiger partial charge in [-0.25, -0.2) is 4.98 Å². The van der Waals surface area contributed by atoms with E-state index in [1.165, 1.54) is 0 Å². The van der Waals surface area contributed by atoms with Gasteiger partial charge in [0.05, 0.1) is 28.3 Å². The smallest absolute Gasteiger partial charge is 0.107 e. The van der Waals surface area contributed by atoms with Crippen molar-refractivity contribution in [1.29, 1.82) is 0 Å². The maximum Gasteiger partial charge on any atom is 0.107 e. The van der Waals surface area contributed by atoms with Crippen molar-refractivity contribution in [3.8, 4) is 0 Å². The Kier molecular flexibility index (Phi) is 2.76. The van der Waals surface area contributed by atoms with Crippen LogP contribution in [0.5, 0.6) is 0 Å². The SMILES string of the molecule is OCC(Br)c1cc(Cl)c2nc[nH]c2c1. The van der Waals surface area contributed by atoms with Gasteiger partial charge in [-0.2, -0.15) is 0 Å². The van der Waals surface area contributed by atoms with Gasteiger partial charge in [0.2, 0.25) is 0 Å². The molecule has 1 aromatic carbocycles. The highest BCUT2D eigenvalue weighted by Crippen LogP contribution is 2.29. The summed E-state index contributed by atoms with van der Waals surface area (Å²) < 4.78 is 0. The summed E-state index contributed by atoms with van der Waals surface area (Å²) in [5, 5.41) is 9.58. The predicted octanol–water partition coefficient (Wildman–Crippen LogP) is 2.64. The summed E-state index contributed by atoms with van der Waals surface area (Å²) in [6.45, 7) is 0.0377. The second-order valence-corrected chi connectivity index (χ2v) is 4.46. The van der Waals surface area contributed by atoms with Crippen LogP contribution in [0.2, 0.25) is 5.02 Å². The number of hydrogen-bond acceptors (Lipinski definition) is 2. The Morgan fingerprint density at radius 2 is 2.36 bits per heavy atom.